The zero-order valence-corrected chi connectivity index (χ0v) is 16.6. The normalized spacial score (nSPS) is 31.1. The highest BCUT2D eigenvalue weighted by Crippen LogP contribution is 2.61. The van der Waals surface area contributed by atoms with Crippen molar-refractivity contribution in [2.24, 2.45) is 17.3 Å². The molecule has 2 saturated carbocycles. The Morgan fingerprint density at radius 1 is 1.11 bits per heavy atom. The molecule has 0 aromatic heterocycles. The number of aryl methyl sites for hydroxylation is 1. The smallest absolute Gasteiger partial charge is 0.139 e. The van der Waals surface area contributed by atoms with Gasteiger partial charge in [0.15, 0.2) is 0 Å². The van der Waals surface area contributed by atoms with Gasteiger partial charge in [-0.1, -0.05) is 55.5 Å². The van der Waals surface area contributed by atoms with E-state index >= 15 is 0 Å². The van der Waals surface area contributed by atoms with Crippen molar-refractivity contribution in [2.75, 3.05) is 0 Å². The minimum Gasteiger partial charge on any atom is -0.489 e. The van der Waals surface area contributed by atoms with Gasteiger partial charge in [-0.15, -0.1) is 0 Å². The Labute approximate surface area is 167 Å². The highest BCUT2D eigenvalue weighted by atomic mass is 16.5. The molecule has 5 rings (SSSR count). The van der Waals surface area contributed by atoms with E-state index in [1.54, 1.807) is 0 Å². The number of benzene rings is 2. The Morgan fingerprint density at radius 3 is 2.75 bits per heavy atom. The van der Waals surface area contributed by atoms with Crippen LogP contribution in [0.15, 0.2) is 60.7 Å². The summed E-state index contributed by atoms with van der Waals surface area (Å²) in [6.07, 6.45) is 4.93. The zero-order chi connectivity index (χ0) is 19.3. The highest BCUT2D eigenvalue weighted by molar-refractivity contribution is 5.87. The second-order valence-electron chi connectivity index (χ2n) is 9.14. The Bertz CT molecular complexity index is 929. The maximum absolute atomic E-state index is 12.6. The van der Waals surface area contributed by atoms with Crippen LogP contribution in [0, 0.1) is 17.3 Å². The minimum absolute atomic E-state index is 0.158. The second-order valence-corrected chi connectivity index (χ2v) is 9.14. The molecule has 2 aromatic rings. The Kier molecular flexibility index (Phi) is 4.19. The van der Waals surface area contributed by atoms with E-state index in [-0.39, 0.29) is 5.41 Å². The molecule has 2 fully saturated rings. The second kappa shape index (κ2) is 6.62. The molecule has 0 bridgehead atoms. The van der Waals surface area contributed by atoms with Crippen molar-refractivity contribution < 1.29 is 9.53 Å². The molecule has 28 heavy (non-hydrogen) atoms. The predicted molar refractivity (Wildman–Crippen MR) is 111 cm³/mol. The van der Waals surface area contributed by atoms with Crippen molar-refractivity contribution in [1.29, 1.82) is 0 Å². The SMILES string of the molecule is C=C1C[C@]2(C)C(=O)CC[C@H]2[C@@H]2CCc3cc(OCc4ccccc4)ccc3[C@@H]12. The fourth-order valence-electron chi connectivity index (χ4n) is 6.20. The molecule has 0 heterocycles. The number of hydrogen-bond donors (Lipinski definition) is 0. The predicted octanol–water partition coefficient (Wildman–Crippen LogP) is 5.86. The van der Waals surface area contributed by atoms with E-state index in [9.17, 15) is 4.79 Å². The average molecular weight is 373 g/mol. The number of ketones is 1. The molecule has 3 aliphatic rings. The zero-order valence-electron chi connectivity index (χ0n) is 16.6. The number of ether oxygens (including phenoxy) is 1. The monoisotopic (exact) mass is 372 g/mol. The lowest BCUT2D eigenvalue weighted by atomic mass is 9.54. The number of Topliss-reactive ketones (excluding diaryl/α,β-unsaturated/α-hetero) is 1. The molecule has 0 aliphatic heterocycles. The summed E-state index contributed by atoms with van der Waals surface area (Å²) in [6, 6.07) is 16.9. The quantitative estimate of drug-likeness (QED) is 0.631. The maximum atomic E-state index is 12.6. The summed E-state index contributed by atoms with van der Waals surface area (Å²) in [5, 5.41) is 0. The van der Waals surface area contributed by atoms with Gasteiger partial charge in [-0.3, -0.25) is 4.79 Å². The molecule has 0 unspecified atom stereocenters. The molecule has 0 spiro atoms. The van der Waals surface area contributed by atoms with Crippen LogP contribution in [0.2, 0.25) is 0 Å². The van der Waals surface area contributed by atoms with Gasteiger partial charge >= 0.3 is 0 Å². The van der Waals surface area contributed by atoms with Gasteiger partial charge in [0.1, 0.15) is 18.1 Å². The van der Waals surface area contributed by atoms with E-state index in [0.717, 1.165) is 37.9 Å². The first-order chi connectivity index (χ1) is 13.6. The van der Waals surface area contributed by atoms with Crippen LogP contribution in [-0.4, -0.2) is 5.78 Å². The first-order valence-corrected chi connectivity index (χ1v) is 10.6. The van der Waals surface area contributed by atoms with Crippen LogP contribution in [0.4, 0.5) is 0 Å². The van der Waals surface area contributed by atoms with Gasteiger partial charge < -0.3 is 4.74 Å². The van der Waals surface area contributed by atoms with E-state index in [4.69, 9.17) is 4.74 Å². The van der Waals surface area contributed by atoms with Gasteiger partial charge in [0.05, 0.1) is 0 Å². The summed E-state index contributed by atoms with van der Waals surface area (Å²) in [7, 11) is 0. The van der Waals surface area contributed by atoms with Crippen molar-refractivity contribution in [3.63, 3.8) is 0 Å². The molecule has 2 aromatic carbocycles. The van der Waals surface area contributed by atoms with E-state index in [2.05, 4.69) is 43.8 Å². The van der Waals surface area contributed by atoms with Gasteiger partial charge in [0.25, 0.3) is 0 Å². The van der Waals surface area contributed by atoms with Gasteiger partial charge in [-0.05, 0) is 66.3 Å². The maximum Gasteiger partial charge on any atom is 0.139 e. The van der Waals surface area contributed by atoms with Crippen LogP contribution in [0.25, 0.3) is 0 Å². The molecular formula is C26H28O2. The fourth-order valence-corrected chi connectivity index (χ4v) is 6.20. The summed E-state index contributed by atoms with van der Waals surface area (Å²) in [6.45, 7) is 7.25. The standard InChI is InChI=1S/C26H28O2/c1-17-15-26(2)23(12-13-24(26)27)22-10-8-19-14-20(9-11-21(19)25(17)22)28-16-18-6-4-3-5-7-18/h3-7,9,11,14,22-23,25H,1,8,10,12-13,15-16H2,2H3/t22-,23-,25+,26-/m0/s1. The van der Waals surface area contributed by atoms with Gasteiger partial charge in [0, 0.05) is 17.8 Å². The number of fused-ring (bicyclic) bond motifs is 5. The first kappa shape index (κ1) is 17.7. The van der Waals surface area contributed by atoms with Crippen LogP contribution in [0.1, 0.15) is 55.2 Å². The van der Waals surface area contributed by atoms with Crippen molar-refractivity contribution in [3.8, 4) is 5.75 Å². The van der Waals surface area contributed by atoms with E-state index < -0.39 is 0 Å². The third-order valence-corrected chi connectivity index (χ3v) is 7.56. The number of hydrogen-bond acceptors (Lipinski definition) is 2. The van der Waals surface area contributed by atoms with Crippen LogP contribution < -0.4 is 4.74 Å². The van der Waals surface area contributed by atoms with E-state index in [1.165, 1.54) is 22.3 Å². The topological polar surface area (TPSA) is 26.3 Å². The lowest BCUT2D eigenvalue weighted by Crippen LogP contribution is -2.43. The molecule has 0 saturated heterocycles. The molecule has 2 nitrogen and oxygen atoms in total. The van der Waals surface area contributed by atoms with Gasteiger partial charge in [0.2, 0.25) is 0 Å². The molecular weight excluding hydrogens is 344 g/mol. The molecule has 4 atom stereocenters. The first-order valence-electron chi connectivity index (χ1n) is 10.6. The molecule has 144 valence electrons. The van der Waals surface area contributed by atoms with Crippen LogP contribution in [-0.2, 0) is 17.8 Å². The summed E-state index contributed by atoms with van der Waals surface area (Å²) in [5.74, 6) is 2.92. The summed E-state index contributed by atoms with van der Waals surface area (Å²) >= 11 is 0. The van der Waals surface area contributed by atoms with E-state index in [0.29, 0.717) is 30.1 Å². The molecule has 0 amide bonds. The fraction of sp³-hybridized carbons (Fsp3) is 0.423. The van der Waals surface area contributed by atoms with Crippen LogP contribution in [0.5, 0.6) is 5.75 Å². The number of carbonyl (C=O) groups excluding carboxylic acids is 1. The molecule has 3 aliphatic carbocycles. The number of carbonyl (C=O) groups is 1. The summed E-state index contributed by atoms with van der Waals surface area (Å²) in [5.41, 5.74) is 5.12. The number of rotatable bonds is 3. The lowest BCUT2D eigenvalue weighted by Gasteiger charge is -2.49. The van der Waals surface area contributed by atoms with Crippen LogP contribution in [0.3, 0.4) is 0 Å². The molecule has 0 radical (unpaired) electrons. The Morgan fingerprint density at radius 2 is 1.93 bits per heavy atom. The molecule has 2 heteroatoms. The van der Waals surface area contributed by atoms with Crippen LogP contribution >= 0.6 is 0 Å². The van der Waals surface area contributed by atoms with Gasteiger partial charge in [-0.25, -0.2) is 0 Å². The van der Waals surface area contributed by atoms with Crippen molar-refractivity contribution in [2.45, 2.75) is 51.6 Å². The average Bonchev–Trinajstić information content (AvgIpc) is 3.01. The lowest BCUT2D eigenvalue weighted by molar-refractivity contribution is -0.128. The molecule has 0 N–H and O–H groups in total. The third kappa shape index (κ3) is 2.73. The van der Waals surface area contributed by atoms with Crippen molar-refractivity contribution >= 4 is 5.78 Å². The Hall–Kier alpha value is -2.35. The largest absolute Gasteiger partial charge is 0.489 e. The highest BCUT2D eigenvalue weighted by Gasteiger charge is 2.55. The summed E-state index contributed by atoms with van der Waals surface area (Å²) in [4.78, 5) is 12.6. The van der Waals surface area contributed by atoms with Gasteiger partial charge in [-0.2, -0.15) is 0 Å². The third-order valence-electron chi connectivity index (χ3n) is 7.56. The summed E-state index contributed by atoms with van der Waals surface area (Å²) < 4.78 is 6.05. The van der Waals surface area contributed by atoms with Crippen molar-refractivity contribution in [1.82, 2.24) is 0 Å². The number of allylic oxidation sites excluding steroid dienone is 1. The van der Waals surface area contributed by atoms with E-state index in [1.807, 2.05) is 18.2 Å². The Balaban J connectivity index is 1.40. The van der Waals surface area contributed by atoms with Crippen molar-refractivity contribution in [3.05, 3.63) is 77.4 Å². The minimum atomic E-state index is -0.158.